The number of nitriles is 1. The summed E-state index contributed by atoms with van der Waals surface area (Å²) in [6.07, 6.45) is 0. The van der Waals surface area contributed by atoms with Crippen molar-refractivity contribution >= 4 is 39.0 Å². The number of nitrogens with zero attached hydrogens (tertiary/aromatic N) is 2. The molecule has 0 spiro atoms. The van der Waals surface area contributed by atoms with E-state index in [1.165, 1.54) is 19.2 Å². The molecular weight excluding hydrogens is 445 g/mol. The second kappa shape index (κ2) is 8.90. The number of halogens is 3. The zero-order chi connectivity index (χ0) is 20.1. The van der Waals surface area contributed by atoms with Gasteiger partial charge in [-0.15, -0.1) is 0 Å². The maximum Gasteiger partial charge on any atom is 0.282 e. The average Bonchev–Trinajstić information content (AvgIpc) is 2.63. The zero-order valence-corrected chi connectivity index (χ0v) is 16.2. The molecule has 0 amide bonds. The van der Waals surface area contributed by atoms with Gasteiger partial charge in [0.25, 0.3) is 5.69 Å². The summed E-state index contributed by atoms with van der Waals surface area (Å²) < 4.78 is 18.9. The maximum absolute atomic E-state index is 13.5. The highest BCUT2D eigenvalue weighted by atomic mass is 79.9. The molecule has 2 aromatic rings. The molecule has 0 bridgehead atoms. The third-order valence-corrected chi connectivity index (χ3v) is 4.68. The van der Waals surface area contributed by atoms with Gasteiger partial charge in [-0.3, -0.25) is 14.9 Å². The van der Waals surface area contributed by atoms with Crippen molar-refractivity contribution in [2.75, 3.05) is 13.7 Å². The highest BCUT2D eigenvalue weighted by Crippen LogP contribution is 2.40. The summed E-state index contributed by atoms with van der Waals surface area (Å²) in [5.74, 6) is -1.35. The van der Waals surface area contributed by atoms with E-state index >= 15 is 0 Å². The SMILES string of the molecule is COc1c(CNCC#N)cc([N+](=O)[O-])c(C(=O)c2cc(F)ccc2Cl)c1Br. The molecule has 0 aliphatic heterocycles. The van der Waals surface area contributed by atoms with Crippen LogP contribution in [0.1, 0.15) is 21.5 Å². The van der Waals surface area contributed by atoms with E-state index in [2.05, 4.69) is 21.2 Å². The molecular formula is C17H12BrClFN3O4. The molecule has 0 unspecified atom stereocenters. The molecule has 0 saturated carbocycles. The van der Waals surface area contributed by atoms with Gasteiger partial charge in [0, 0.05) is 23.7 Å². The number of hydrogen-bond acceptors (Lipinski definition) is 6. The number of carbonyl (C=O) groups is 1. The smallest absolute Gasteiger partial charge is 0.282 e. The highest BCUT2D eigenvalue weighted by molar-refractivity contribution is 9.10. The Morgan fingerprint density at radius 3 is 2.78 bits per heavy atom. The Kier molecular flexibility index (Phi) is 6.85. The summed E-state index contributed by atoms with van der Waals surface area (Å²) in [5, 5.41) is 22.9. The number of carbonyl (C=O) groups excluding carboxylic acids is 1. The first-order valence-electron chi connectivity index (χ1n) is 7.43. The fourth-order valence-corrected chi connectivity index (χ4v) is 3.44. The second-order valence-electron chi connectivity index (χ2n) is 5.25. The monoisotopic (exact) mass is 455 g/mol. The van der Waals surface area contributed by atoms with Crippen molar-refractivity contribution in [2.45, 2.75) is 6.54 Å². The molecule has 0 aliphatic rings. The fourth-order valence-electron chi connectivity index (χ4n) is 2.44. The molecule has 0 heterocycles. The molecule has 0 saturated heterocycles. The number of ether oxygens (including phenoxy) is 1. The normalized spacial score (nSPS) is 10.3. The minimum atomic E-state index is -0.826. The van der Waals surface area contributed by atoms with Crippen LogP contribution in [0, 0.1) is 27.3 Å². The van der Waals surface area contributed by atoms with E-state index in [9.17, 15) is 19.3 Å². The van der Waals surface area contributed by atoms with Gasteiger partial charge >= 0.3 is 0 Å². The van der Waals surface area contributed by atoms with Gasteiger partial charge in [0.15, 0.2) is 0 Å². The first kappa shape index (κ1) is 20.8. The Labute approximate surface area is 167 Å². The van der Waals surface area contributed by atoms with E-state index in [1.807, 2.05) is 6.07 Å². The van der Waals surface area contributed by atoms with E-state index in [1.54, 1.807) is 0 Å². The molecule has 27 heavy (non-hydrogen) atoms. The summed E-state index contributed by atoms with van der Waals surface area (Å²) in [7, 11) is 1.34. The number of nitrogens with one attached hydrogen (secondary N) is 1. The van der Waals surface area contributed by atoms with Gasteiger partial charge < -0.3 is 10.1 Å². The highest BCUT2D eigenvalue weighted by Gasteiger charge is 2.30. The molecule has 0 radical (unpaired) electrons. The zero-order valence-electron chi connectivity index (χ0n) is 13.9. The van der Waals surface area contributed by atoms with E-state index in [0.717, 1.165) is 12.1 Å². The number of methoxy groups -OCH3 is 1. The Morgan fingerprint density at radius 1 is 1.48 bits per heavy atom. The van der Waals surface area contributed by atoms with Crippen LogP contribution in [0.2, 0.25) is 5.02 Å². The maximum atomic E-state index is 13.5. The summed E-state index contributed by atoms with van der Waals surface area (Å²) >= 11 is 9.15. The summed E-state index contributed by atoms with van der Waals surface area (Å²) in [6.45, 7) is 0.125. The van der Waals surface area contributed by atoms with Crippen LogP contribution in [0.4, 0.5) is 10.1 Å². The Hall–Kier alpha value is -2.54. The second-order valence-corrected chi connectivity index (χ2v) is 6.45. The van der Waals surface area contributed by atoms with Crippen LogP contribution >= 0.6 is 27.5 Å². The number of nitro benzene ring substituents is 1. The predicted octanol–water partition coefficient (Wildman–Crippen LogP) is 4.00. The molecule has 140 valence electrons. The number of nitro groups is 1. The first-order valence-corrected chi connectivity index (χ1v) is 8.60. The molecule has 10 heteroatoms. The van der Waals surface area contributed by atoms with Crippen molar-refractivity contribution in [1.82, 2.24) is 5.32 Å². The van der Waals surface area contributed by atoms with Crippen LogP contribution in [-0.2, 0) is 6.54 Å². The Bertz CT molecular complexity index is 962. The Balaban J connectivity index is 2.68. The average molecular weight is 457 g/mol. The van der Waals surface area contributed by atoms with Crippen LogP contribution in [0.25, 0.3) is 0 Å². The van der Waals surface area contributed by atoms with Gasteiger partial charge in [0.1, 0.15) is 17.1 Å². The predicted molar refractivity (Wildman–Crippen MR) is 99.5 cm³/mol. The van der Waals surface area contributed by atoms with E-state index < -0.39 is 22.2 Å². The molecule has 0 fully saturated rings. The van der Waals surface area contributed by atoms with Crippen LogP contribution in [-0.4, -0.2) is 24.4 Å². The molecule has 0 atom stereocenters. The van der Waals surface area contributed by atoms with E-state index in [-0.39, 0.29) is 39.5 Å². The van der Waals surface area contributed by atoms with Crippen LogP contribution in [0.15, 0.2) is 28.7 Å². The van der Waals surface area contributed by atoms with Crippen molar-refractivity contribution in [3.8, 4) is 11.8 Å². The van der Waals surface area contributed by atoms with Crippen molar-refractivity contribution < 1.29 is 18.8 Å². The number of ketones is 1. The summed E-state index contributed by atoms with van der Waals surface area (Å²) in [5.41, 5.74) is -0.652. The third kappa shape index (κ3) is 4.42. The molecule has 2 rings (SSSR count). The third-order valence-electron chi connectivity index (χ3n) is 3.60. The van der Waals surface area contributed by atoms with Crippen LogP contribution < -0.4 is 10.1 Å². The van der Waals surface area contributed by atoms with Gasteiger partial charge in [0.2, 0.25) is 5.78 Å². The van der Waals surface area contributed by atoms with Crippen molar-refractivity contribution in [2.24, 2.45) is 0 Å². The first-order chi connectivity index (χ1) is 12.8. The van der Waals surface area contributed by atoms with Crippen molar-refractivity contribution in [3.05, 3.63) is 66.4 Å². The van der Waals surface area contributed by atoms with Gasteiger partial charge in [-0.1, -0.05) is 11.6 Å². The lowest BCUT2D eigenvalue weighted by Crippen LogP contribution is -2.16. The number of hydrogen-bond donors (Lipinski definition) is 1. The minimum Gasteiger partial charge on any atom is -0.495 e. The van der Waals surface area contributed by atoms with Gasteiger partial charge in [-0.05, 0) is 34.1 Å². The standard InChI is InChI=1S/C17H12BrClFN3O4/c1-27-17-9(8-22-5-4-21)6-13(23(25)26)14(15(17)18)16(24)11-7-10(20)2-3-12(11)19/h2-3,6-7,22H,5,8H2,1H3. The van der Waals surface area contributed by atoms with Gasteiger partial charge in [-0.25, -0.2) is 4.39 Å². The largest absolute Gasteiger partial charge is 0.495 e. The topological polar surface area (TPSA) is 105 Å². The molecule has 0 aromatic heterocycles. The quantitative estimate of drug-likeness (QED) is 0.222. The lowest BCUT2D eigenvalue weighted by Gasteiger charge is -2.15. The van der Waals surface area contributed by atoms with E-state index in [0.29, 0.717) is 5.56 Å². The molecule has 7 nitrogen and oxygen atoms in total. The van der Waals surface area contributed by atoms with Gasteiger partial charge in [-0.2, -0.15) is 5.26 Å². The fraction of sp³-hybridized carbons (Fsp3) is 0.176. The summed E-state index contributed by atoms with van der Waals surface area (Å²) in [4.78, 5) is 23.7. The molecule has 1 N–H and O–H groups in total. The molecule has 0 aliphatic carbocycles. The summed E-state index contributed by atoms with van der Waals surface area (Å²) in [6, 6.07) is 6.25. The lowest BCUT2D eigenvalue weighted by molar-refractivity contribution is -0.385. The lowest BCUT2D eigenvalue weighted by atomic mass is 9.98. The Morgan fingerprint density at radius 2 is 2.19 bits per heavy atom. The van der Waals surface area contributed by atoms with Gasteiger partial charge in [0.05, 0.1) is 34.1 Å². The van der Waals surface area contributed by atoms with Crippen LogP contribution in [0.3, 0.4) is 0 Å². The van der Waals surface area contributed by atoms with Crippen molar-refractivity contribution in [3.63, 3.8) is 0 Å². The molecule has 2 aromatic carbocycles. The number of benzene rings is 2. The van der Waals surface area contributed by atoms with Crippen molar-refractivity contribution in [1.29, 1.82) is 5.26 Å². The number of rotatable bonds is 7. The van der Waals surface area contributed by atoms with Crippen LogP contribution in [0.5, 0.6) is 5.75 Å². The minimum absolute atomic E-state index is 0.0220. The van der Waals surface area contributed by atoms with E-state index in [4.69, 9.17) is 21.6 Å².